The molecule has 112 valence electrons. The van der Waals surface area contributed by atoms with Gasteiger partial charge in [-0.3, -0.25) is 9.80 Å². The second-order valence-electron chi connectivity index (χ2n) is 6.37. The van der Waals surface area contributed by atoms with Crippen molar-refractivity contribution in [1.82, 2.24) is 9.80 Å². The van der Waals surface area contributed by atoms with Gasteiger partial charge in [0, 0.05) is 25.2 Å². The third kappa shape index (κ3) is 5.05. The van der Waals surface area contributed by atoms with Crippen LogP contribution in [0.4, 0.5) is 0 Å². The summed E-state index contributed by atoms with van der Waals surface area (Å²) in [5.41, 5.74) is 0. The van der Waals surface area contributed by atoms with E-state index in [0.717, 1.165) is 38.4 Å². The van der Waals surface area contributed by atoms with Gasteiger partial charge in [-0.2, -0.15) is 0 Å². The monoisotopic (exact) mass is 268 g/mol. The lowest BCUT2D eigenvalue weighted by molar-refractivity contribution is 0.0509. The summed E-state index contributed by atoms with van der Waals surface area (Å²) in [6.45, 7) is 11.3. The van der Waals surface area contributed by atoms with Gasteiger partial charge in [0.05, 0.1) is 13.2 Å². The highest BCUT2D eigenvalue weighted by Crippen LogP contribution is 2.16. The fourth-order valence-corrected chi connectivity index (χ4v) is 3.45. The average molecular weight is 268 g/mol. The Bertz CT molecular complexity index is 223. The zero-order valence-corrected chi connectivity index (χ0v) is 12.9. The molecule has 0 aromatic rings. The predicted molar refractivity (Wildman–Crippen MR) is 80.6 cm³/mol. The van der Waals surface area contributed by atoms with Crippen LogP contribution in [0, 0.1) is 0 Å². The second kappa shape index (κ2) is 8.23. The van der Waals surface area contributed by atoms with Crippen LogP contribution in [0.1, 0.15) is 52.4 Å². The lowest BCUT2D eigenvalue weighted by Gasteiger charge is -2.34. The van der Waals surface area contributed by atoms with Gasteiger partial charge >= 0.3 is 0 Å². The number of rotatable bonds is 6. The minimum Gasteiger partial charge on any atom is -0.379 e. The van der Waals surface area contributed by atoms with Crippen molar-refractivity contribution in [2.75, 3.05) is 39.4 Å². The standard InChI is InChI=1S/C16H32N2O/c1-15-7-3-5-9-17(15)11-13-19-14-12-18-10-6-4-8-16(18)2/h15-16H,3-14H2,1-2H3. The molecule has 3 heteroatoms. The topological polar surface area (TPSA) is 15.7 Å². The lowest BCUT2D eigenvalue weighted by atomic mass is 10.0. The van der Waals surface area contributed by atoms with Gasteiger partial charge in [-0.1, -0.05) is 12.8 Å². The number of likely N-dealkylation sites (tertiary alicyclic amines) is 2. The van der Waals surface area contributed by atoms with Crippen LogP contribution in [0.3, 0.4) is 0 Å². The molecule has 0 amide bonds. The molecule has 2 aliphatic heterocycles. The molecule has 2 fully saturated rings. The van der Waals surface area contributed by atoms with Crippen molar-refractivity contribution >= 4 is 0 Å². The predicted octanol–water partition coefficient (Wildman–Crippen LogP) is 2.75. The molecule has 2 aliphatic rings. The summed E-state index contributed by atoms with van der Waals surface area (Å²) in [5.74, 6) is 0. The summed E-state index contributed by atoms with van der Waals surface area (Å²) in [7, 11) is 0. The molecule has 0 aromatic carbocycles. The fourth-order valence-electron chi connectivity index (χ4n) is 3.45. The van der Waals surface area contributed by atoms with Crippen LogP contribution in [0.5, 0.6) is 0 Å². The molecule has 0 N–H and O–H groups in total. The van der Waals surface area contributed by atoms with E-state index in [1.165, 1.54) is 51.6 Å². The Morgan fingerprint density at radius 1 is 0.789 bits per heavy atom. The van der Waals surface area contributed by atoms with E-state index in [1.807, 2.05) is 0 Å². The van der Waals surface area contributed by atoms with E-state index in [9.17, 15) is 0 Å². The molecule has 2 saturated heterocycles. The van der Waals surface area contributed by atoms with Crippen molar-refractivity contribution in [3.63, 3.8) is 0 Å². The van der Waals surface area contributed by atoms with Gasteiger partial charge < -0.3 is 4.74 Å². The first-order valence-electron chi connectivity index (χ1n) is 8.33. The van der Waals surface area contributed by atoms with Crippen molar-refractivity contribution in [2.24, 2.45) is 0 Å². The van der Waals surface area contributed by atoms with Crippen LogP contribution in [-0.4, -0.2) is 61.3 Å². The maximum Gasteiger partial charge on any atom is 0.0594 e. The van der Waals surface area contributed by atoms with Gasteiger partial charge in [0.15, 0.2) is 0 Å². The molecule has 0 radical (unpaired) electrons. The maximum absolute atomic E-state index is 5.85. The molecule has 2 rings (SSSR count). The zero-order valence-electron chi connectivity index (χ0n) is 12.9. The van der Waals surface area contributed by atoms with E-state index in [-0.39, 0.29) is 0 Å². The lowest BCUT2D eigenvalue weighted by Crippen LogP contribution is -2.41. The van der Waals surface area contributed by atoms with Crippen molar-refractivity contribution in [3.05, 3.63) is 0 Å². The van der Waals surface area contributed by atoms with Gasteiger partial charge in [0.1, 0.15) is 0 Å². The smallest absolute Gasteiger partial charge is 0.0594 e. The molecular weight excluding hydrogens is 236 g/mol. The van der Waals surface area contributed by atoms with Crippen LogP contribution in [0.2, 0.25) is 0 Å². The fraction of sp³-hybridized carbons (Fsp3) is 1.00. The zero-order chi connectivity index (χ0) is 13.5. The quantitative estimate of drug-likeness (QED) is 0.689. The molecule has 0 aliphatic carbocycles. The van der Waals surface area contributed by atoms with Crippen molar-refractivity contribution in [1.29, 1.82) is 0 Å². The van der Waals surface area contributed by atoms with Crippen LogP contribution in [-0.2, 0) is 4.74 Å². The van der Waals surface area contributed by atoms with Gasteiger partial charge in [-0.25, -0.2) is 0 Å². The molecule has 0 aromatic heterocycles. The Morgan fingerprint density at radius 2 is 1.26 bits per heavy atom. The van der Waals surface area contributed by atoms with Crippen LogP contribution in [0.15, 0.2) is 0 Å². The first-order chi connectivity index (χ1) is 9.27. The Morgan fingerprint density at radius 3 is 1.68 bits per heavy atom. The Kier molecular flexibility index (Phi) is 6.62. The van der Waals surface area contributed by atoms with E-state index in [4.69, 9.17) is 4.74 Å². The third-order valence-electron chi connectivity index (χ3n) is 4.93. The first kappa shape index (κ1) is 15.3. The van der Waals surface area contributed by atoms with E-state index in [2.05, 4.69) is 23.6 Å². The summed E-state index contributed by atoms with van der Waals surface area (Å²) in [5, 5.41) is 0. The molecule has 0 bridgehead atoms. The number of hydrogen-bond acceptors (Lipinski definition) is 3. The molecule has 19 heavy (non-hydrogen) atoms. The van der Waals surface area contributed by atoms with Gasteiger partial charge in [-0.05, 0) is 52.6 Å². The normalized spacial score (nSPS) is 30.6. The highest BCUT2D eigenvalue weighted by atomic mass is 16.5. The second-order valence-corrected chi connectivity index (χ2v) is 6.37. The van der Waals surface area contributed by atoms with Crippen molar-refractivity contribution in [3.8, 4) is 0 Å². The van der Waals surface area contributed by atoms with E-state index < -0.39 is 0 Å². The molecule has 2 unspecified atom stereocenters. The van der Waals surface area contributed by atoms with E-state index in [0.29, 0.717) is 0 Å². The number of ether oxygens (including phenoxy) is 1. The number of piperidine rings is 2. The Labute approximate surface area is 119 Å². The highest BCUT2D eigenvalue weighted by Gasteiger charge is 2.18. The highest BCUT2D eigenvalue weighted by molar-refractivity contribution is 4.73. The van der Waals surface area contributed by atoms with Gasteiger partial charge in [0.2, 0.25) is 0 Å². The summed E-state index contributed by atoms with van der Waals surface area (Å²) in [4.78, 5) is 5.18. The van der Waals surface area contributed by atoms with Crippen LogP contribution >= 0.6 is 0 Å². The molecule has 0 saturated carbocycles. The number of nitrogens with zero attached hydrogens (tertiary/aromatic N) is 2. The molecule has 2 atom stereocenters. The minimum atomic E-state index is 0.763. The van der Waals surface area contributed by atoms with Crippen molar-refractivity contribution < 1.29 is 4.74 Å². The molecular formula is C16H32N2O. The maximum atomic E-state index is 5.85. The summed E-state index contributed by atoms with van der Waals surface area (Å²) < 4.78 is 5.85. The Hall–Kier alpha value is -0.120. The average Bonchev–Trinajstić information content (AvgIpc) is 2.42. The van der Waals surface area contributed by atoms with Crippen molar-refractivity contribution in [2.45, 2.75) is 64.5 Å². The largest absolute Gasteiger partial charge is 0.379 e. The molecule has 2 heterocycles. The summed E-state index contributed by atoms with van der Waals surface area (Å²) in [6.07, 6.45) is 8.29. The minimum absolute atomic E-state index is 0.763. The molecule has 3 nitrogen and oxygen atoms in total. The molecule has 0 spiro atoms. The van der Waals surface area contributed by atoms with Crippen LogP contribution < -0.4 is 0 Å². The third-order valence-corrected chi connectivity index (χ3v) is 4.93. The van der Waals surface area contributed by atoms with E-state index >= 15 is 0 Å². The Balaban J connectivity index is 1.51. The van der Waals surface area contributed by atoms with Crippen LogP contribution in [0.25, 0.3) is 0 Å². The van der Waals surface area contributed by atoms with Gasteiger partial charge in [-0.15, -0.1) is 0 Å². The number of hydrogen-bond donors (Lipinski definition) is 0. The van der Waals surface area contributed by atoms with Gasteiger partial charge in [0.25, 0.3) is 0 Å². The summed E-state index contributed by atoms with van der Waals surface area (Å²) >= 11 is 0. The summed E-state index contributed by atoms with van der Waals surface area (Å²) in [6, 6.07) is 1.53. The van der Waals surface area contributed by atoms with E-state index in [1.54, 1.807) is 0 Å². The SMILES string of the molecule is CC1CCCCN1CCOCCN1CCCCC1C. The first-order valence-corrected chi connectivity index (χ1v) is 8.33.